The highest BCUT2D eigenvalue weighted by atomic mass is 32.1. The number of hydrogen-bond acceptors (Lipinski definition) is 7. The fourth-order valence-corrected chi connectivity index (χ4v) is 7.38. The van der Waals surface area contributed by atoms with Gasteiger partial charge in [-0.3, -0.25) is 4.79 Å². The zero-order chi connectivity index (χ0) is 20.9. The van der Waals surface area contributed by atoms with Crippen molar-refractivity contribution in [2.45, 2.75) is 75.7 Å². The molecular weight excluding hydrogens is 404 g/mol. The Hall–Kier alpha value is -1.22. The van der Waals surface area contributed by atoms with Crippen molar-refractivity contribution in [1.82, 2.24) is 10.3 Å². The Kier molecular flexibility index (Phi) is 5.54. The van der Waals surface area contributed by atoms with Crippen LogP contribution in [-0.2, 0) is 9.47 Å². The van der Waals surface area contributed by atoms with Crippen molar-refractivity contribution in [3.63, 3.8) is 0 Å². The summed E-state index contributed by atoms with van der Waals surface area (Å²) in [5, 5.41) is 14.7. The largest absolute Gasteiger partial charge is 0.465 e. The van der Waals surface area contributed by atoms with Crippen molar-refractivity contribution in [1.29, 1.82) is 0 Å². The number of carbonyl (C=O) groups is 1. The number of carbonyl (C=O) groups excluding carboxylic acids is 1. The summed E-state index contributed by atoms with van der Waals surface area (Å²) in [5.74, 6) is 1.30. The quantitative estimate of drug-likeness (QED) is 0.683. The van der Waals surface area contributed by atoms with Gasteiger partial charge < -0.3 is 24.6 Å². The van der Waals surface area contributed by atoms with Crippen LogP contribution in [0.5, 0.6) is 5.19 Å². The second-order valence-electron chi connectivity index (χ2n) is 9.77. The minimum Gasteiger partial charge on any atom is -0.465 e. The van der Waals surface area contributed by atoms with Crippen molar-refractivity contribution in [2.24, 2.45) is 17.8 Å². The van der Waals surface area contributed by atoms with Crippen LogP contribution < -0.4 is 10.1 Å². The predicted molar refractivity (Wildman–Crippen MR) is 112 cm³/mol. The summed E-state index contributed by atoms with van der Waals surface area (Å²) in [6.07, 6.45) is 6.38. The van der Waals surface area contributed by atoms with Crippen LogP contribution in [0.2, 0.25) is 0 Å². The lowest BCUT2D eigenvalue weighted by Gasteiger charge is -2.58. The molecule has 5 fully saturated rings. The fourth-order valence-electron chi connectivity index (χ4n) is 6.41. The maximum Gasteiger partial charge on any atom is 0.274 e. The summed E-state index contributed by atoms with van der Waals surface area (Å²) in [7, 11) is 1.64. The first-order chi connectivity index (χ1) is 14.4. The number of nitrogens with one attached hydrogen (secondary N) is 1. The Balaban J connectivity index is 1.35. The Morgan fingerprint density at radius 2 is 2.13 bits per heavy atom. The number of rotatable bonds is 7. The second kappa shape index (κ2) is 8.04. The van der Waals surface area contributed by atoms with Crippen LogP contribution in [0.15, 0.2) is 0 Å². The van der Waals surface area contributed by atoms with E-state index in [0.717, 1.165) is 44.9 Å². The Morgan fingerprint density at radius 3 is 2.77 bits per heavy atom. The molecule has 1 saturated heterocycles. The Bertz CT molecular complexity index is 776. The number of nitrogens with zero attached hydrogens (tertiary/aromatic N) is 1. The summed E-state index contributed by atoms with van der Waals surface area (Å²) in [6.45, 7) is 3.09. The average molecular weight is 437 g/mol. The highest BCUT2D eigenvalue weighted by Gasteiger charge is 2.55. The number of amides is 1. The Morgan fingerprint density at radius 1 is 1.37 bits per heavy atom. The van der Waals surface area contributed by atoms with Gasteiger partial charge in [0.05, 0.1) is 17.9 Å². The van der Waals surface area contributed by atoms with E-state index in [4.69, 9.17) is 14.2 Å². The maximum atomic E-state index is 13.4. The molecule has 1 aliphatic heterocycles. The molecule has 166 valence electrons. The molecule has 30 heavy (non-hydrogen) atoms. The van der Waals surface area contributed by atoms with Gasteiger partial charge in [0.1, 0.15) is 17.1 Å². The van der Waals surface area contributed by atoms with Crippen LogP contribution >= 0.6 is 11.3 Å². The van der Waals surface area contributed by atoms with E-state index in [1.165, 1.54) is 11.3 Å². The van der Waals surface area contributed by atoms with Gasteiger partial charge in [-0.1, -0.05) is 11.3 Å². The summed E-state index contributed by atoms with van der Waals surface area (Å²) in [6, 6.07) is 0.144. The molecule has 1 amide bonds. The number of thiazole rings is 1. The van der Waals surface area contributed by atoms with Crippen molar-refractivity contribution in [3.05, 3.63) is 10.6 Å². The van der Waals surface area contributed by atoms with Gasteiger partial charge in [-0.25, -0.2) is 4.98 Å². The molecule has 1 aromatic rings. The minimum atomic E-state index is -0.496. The van der Waals surface area contributed by atoms with Crippen molar-refractivity contribution in [2.75, 3.05) is 20.3 Å². The third-order valence-corrected chi connectivity index (χ3v) is 8.28. The van der Waals surface area contributed by atoms with E-state index in [1.807, 2.05) is 6.92 Å². The highest BCUT2D eigenvalue weighted by Crippen LogP contribution is 2.55. The lowest BCUT2D eigenvalue weighted by molar-refractivity contribution is -0.136. The maximum absolute atomic E-state index is 13.4. The average Bonchev–Trinajstić information content (AvgIpc) is 3.33. The molecule has 0 aromatic carbocycles. The van der Waals surface area contributed by atoms with E-state index in [1.54, 1.807) is 7.11 Å². The molecule has 2 N–H and O–H groups in total. The van der Waals surface area contributed by atoms with Crippen LogP contribution in [0.3, 0.4) is 0 Å². The molecule has 8 heteroatoms. The van der Waals surface area contributed by atoms with E-state index in [2.05, 4.69) is 10.3 Å². The van der Waals surface area contributed by atoms with Gasteiger partial charge in [-0.2, -0.15) is 0 Å². The zero-order valence-corrected chi connectivity index (χ0v) is 18.6. The minimum absolute atomic E-state index is 0.0725. The zero-order valence-electron chi connectivity index (χ0n) is 17.8. The van der Waals surface area contributed by atoms with Gasteiger partial charge in [-0.15, -0.1) is 0 Å². The molecule has 0 spiro atoms. The van der Waals surface area contributed by atoms with E-state index < -0.39 is 5.60 Å². The second-order valence-corrected chi connectivity index (χ2v) is 10.7. The molecule has 0 radical (unpaired) electrons. The number of methoxy groups -OCH3 is 1. The fraction of sp³-hybridized carbons (Fsp3) is 0.818. The van der Waals surface area contributed by atoms with Crippen LogP contribution in [0, 0.1) is 17.8 Å². The van der Waals surface area contributed by atoms with Gasteiger partial charge in [-0.05, 0) is 69.6 Å². The first-order valence-corrected chi connectivity index (χ1v) is 12.1. The molecule has 4 bridgehead atoms. The van der Waals surface area contributed by atoms with Gasteiger partial charge in [0.15, 0.2) is 0 Å². The normalized spacial score (nSPS) is 38.0. The van der Waals surface area contributed by atoms with Gasteiger partial charge in [0, 0.05) is 19.8 Å². The summed E-state index contributed by atoms with van der Waals surface area (Å²) >= 11 is 1.30. The van der Waals surface area contributed by atoms with E-state index in [9.17, 15) is 9.90 Å². The van der Waals surface area contributed by atoms with Crippen LogP contribution in [-0.4, -0.2) is 54.1 Å². The first kappa shape index (κ1) is 20.7. The number of aliphatic hydroxyl groups is 1. The van der Waals surface area contributed by atoms with Crippen LogP contribution in [0.25, 0.3) is 0 Å². The Labute approximate surface area is 181 Å². The van der Waals surface area contributed by atoms with Crippen molar-refractivity contribution < 1.29 is 24.1 Å². The molecule has 4 aliphatic carbocycles. The molecular formula is C22H32N2O5S. The molecule has 2 heterocycles. The van der Waals surface area contributed by atoms with Crippen molar-refractivity contribution >= 4 is 17.2 Å². The third kappa shape index (κ3) is 3.87. The van der Waals surface area contributed by atoms with Gasteiger partial charge in [0.2, 0.25) is 0 Å². The smallest absolute Gasteiger partial charge is 0.274 e. The molecule has 2 unspecified atom stereocenters. The lowest BCUT2D eigenvalue weighted by Crippen LogP contribution is -2.61. The van der Waals surface area contributed by atoms with E-state index in [0.29, 0.717) is 46.7 Å². The number of hydrogen-bond donors (Lipinski definition) is 2. The van der Waals surface area contributed by atoms with E-state index >= 15 is 0 Å². The number of ether oxygens (including phenoxy) is 3. The highest BCUT2D eigenvalue weighted by molar-refractivity contribution is 7.15. The SMILES string of the molecule is COC[C@H](C)Oc1nc([C@H]2CCCO2)c(C(=O)NC2C3CC4CC2CC(O)(C4)C3)s1. The lowest BCUT2D eigenvalue weighted by atomic mass is 9.52. The van der Waals surface area contributed by atoms with Gasteiger partial charge in [0.25, 0.3) is 11.1 Å². The molecule has 6 rings (SSSR count). The third-order valence-electron chi connectivity index (χ3n) is 7.32. The van der Waals surface area contributed by atoms with Crippen LogP contribution in [0.4, 0.5) is 0 Å². The number of aromatic nitrogens is 1. The first-order valence-electron chi connectivity index (χ1n) is 11.3. The van der Waals surface area contributed by atoms with Gasteiger partial charge >= 0.3 is 0 Å². The monoisotopic (exact) mass is 436 g/mol. The molecule has 5 aliphatic rings. The van der Waals surface area contributed by atoms with Crippen LogP contribution in [0.1, 0.15) is 73.3 Å². The summed E-state index contributed by atoms with van der Waals surface area (Å²) in [5.41, 5.74) is 0.209. The summed E-state index contributed by atoms with van der Waals surface area (Å²) in [4.78, 5) is 18.6. The molecule has 7 nitrogen and oxygen atoms in total. The predicted octanol–water partition coefficient (Wildman–Crippen LogP) is 3.08. The van der Waals surface area contributed by atoms with E-state index in [-0.39, 0.29) is 24.2 Å². The molecule has 1 aromatic heterocycles. The standard InChI is InChI=1S/C22H32N2O5S/c1-12(11-27-2)29-21-24-18(16-4-3-5-28-16)19(30-21)20(25)23-17-14-6-13-7-15(17)10-22(26,8-13)9-14/h12-17,26H,3-11H2,1-2H3,(H,23,25)/t12-,13?,14?,15?,16+,17?,22?/m0/s1. The molecule has 4 saturated carbocycles. The summed E-state index contributed by atoms with van der Waals surface area (Å²) < 4.78 is 16.9. The van der Waals surface area contributed by atoms with Crippen molar-refractivity contribution in [3.8, 4) is 5.19 Å². The topological polar surface area (TPSA) is 89.9 Å². The molecule has 4 atom stereocenters.